The number of hydrogen-bond acceptors (Lipinski definition) is 2. The van der Waals surface area contributed by atoms with Gasteiger partial charge in [-0.2, -0.15) is 5.10 Å². The summed E-state index contributed by atoms with van der Waals surface area (Å²) >= 11 is 0. The van der Waals surface area contributed by atoms with Crippen LogP contribution in [0.2, 0.25) is 0 Å². The molecular weight excluding hydrogens is 274 g/mol. The minimum absolute atomic E-state index is 0.00441. The number of carbonyl (C=O) groups excluding carboxylic acids is 1. The molecule has 0 saturated heterocycles. The summed E-state index contributed by atoms with van der Waals surface area (Å²) in [6, 6.07) is 14.0. The maximum absolute atomic E-state index is 12.6. The van der Waals surface area contributed by atoms with Gasteiger partial charge in [0, 0.05) is 23.7 Å². The van der Waals surface area contributed by atoms with E-state index in [-0.39, 0.29) is 11.9 Å². The van der Waals surface area contributed by atoms with E-state index in [0.717, 1.165) is 41.3 Å². The Kier molecular flexibility index (Phi) is 3.15. The second kappa shape index (κ2) is 5.30. The van der Waals surface area contributed by atoms with E-state index in [1.165, 1.54) is 5.56 Å². The summed E-state index contributed by atoms with van der Waals surface area (Å²) in [5.74, 6) is 0.00441. The first kappa shape index (κ1) is 13.1. The smallest absolute Gasteiger partial charge is 0.252 e. The third-order valence-corrected chi connectivity index (χ3v) is 4.39. The zero-order valence-electron chi connectivity index (χ0n) is 12.2. The van der Waals surface area contributed by atoms with E-state index in [4.69, 9.17) is 0 Å². The van der Waals surface area contributed by atoms with E-state index in [2.05, 4.69) is 15.5 Å². The Balaban J connectivity index is 1.57. The highest BCUT2D eigenvalue weighted by molar-refractivity contribution is 6.07. The highest BCUT2D eigenvalue weighted by Crippen LogP contribution is 2.21. The first-order chi connectivity index (χ1) is 10.8. The van der Waals surface area contributed by atoms with Crippen LogP contribution in [0.1, 0.15) is 28.0 Å². The van der Waals surface area contributed by atoms with Gasteiger partial charge in [-0.25, -0.2) is 0 Å². The first-order valence-electron chi connectivity index (χ1n) is 7.61. The second-order valence-electron chi connectivity index (χ2n) is 5.81. The van der Waals surface area contributed by atoms with Gasteiger partial charge in [-0.1, -0.05) is 36.4 Å². The topological polar surface area (TPSA) is 57.8 Å². The zero-order valence-corrected chi connectivity index (χ0v) is 12.2. The summed E-state index contributed by atoms with van der Waals surface area (Å²) < 4.78 is 0. The van der Waals surface area contributed by atoms with Crippen LogP contribution in [0.15, 0.2) is 48.7 Å². The number of aromatic nitrogens is 2. The molecule has 3 aromatic rings. The van der Waals surface area contributed by atoms with Crippen LogP contribution in [0.4, 0.5) is 0 Å². The molecule has 0 aliphatic heterocycles. The molecule has 2 N–H and O–H groups in total. The minimum atomic E-state index is 0.00441. The van der Waals surface area contributed by atoms with Gasteiger partial charge < -0.3 is 5.32 Å². The number of aromatic amines is 1. The molecule has 4 nitrogen and oxygen atoms in total. The molecule has 0 fully saturated rings. The average Bonchev–Trinajstić information content (AvgIpc) is 3.02. The van der Waals surface area contributed by atoms with Gasteiger partial charge in [0.05, 0.1) is 6.20 Å². The van der Waals surface area contributed by atoms with Crippen molar-refractivity contribution in [1.29, 1.82) is 0 Å². The molecule has 2 aromatic carbocycles. The maximum Gasteiger partial charge on any atom is 0.252 e. The lowest BCUT2D eigenvalue weighted by atomic mass is 9.93. The van der Waals surface area contributed by atoms with Crippen molar-refractivity contribution in [1.82, 2.24) is 15.5 Å². The number of benzene rings is 2. The third kappa shape index (κ3) is 2.26. The molecule has 1 amide bonds. The molecule has 0 radical (unpaired) electrons. The van der Waals surface area contributed by atoms with Crippen LogP contribution >= 0.6 is 0 Å². The van der Waals surface area contributed by atoms with Gasteiger partial charge in [0.2, 0.25) is 0 Å². The zero-order chi connectivity index (χ0) is 14.9. The van der Waals surface area contributed by atoms with Gasteiger partial charge in [0.15, 0.2) is 0 Å². The van der Waals surface area contributed by atoms with Crippen molar-refractivity contribution in [2.45, 2.75) is 25.3 Å². The van der Waals surface area contributed by atoms with Gasteiger partial charge in [0.1, 0.15) is 0 Å². The quantitative estimate of drug-likeness (QED) is 0.763. The third-order valence-electron chi connectivity index (χ3n) is 4.39. The van der Waals surface area contributed by atoms with Crippen LogP contribution in [-0.2, 0) is 12.8 Å². The summed E-state index contributed by atoms with van der Waals surface area (Å²) in [6.45, 7) is 0. The first-order valence-corrected chi connectivity index (χ1v) is 7.61. The van der Waals surface area contributed by atoms with Crippen molar-refractivity contribution in [3.63, 3.8) is 0 Å². The fourth-order valence-corrected chi connectivity index (χ4v) is 3.22. The number of carbonyl (C=O) groups is 1. The van der Waals surface area contributed by atoms with Gasteiger partial charge in [-0.3, -0.25) is 9.89 Å². The summed E-state index contributed by atoms with van der Waals surface area (Å²) in [4.78, 5) is 12.6. The van der Waals surface area contributed by atoms with Crippen molar-refractivity contribution >= 4 is 16.7 Å². The average molecular weight is 291 g/mol. The Bertz CT molecular complexity index is 832. The normalized spacial score (nSPS) is 17.2. The van der Waals surface area contributed by atoms with Crippen LogP contribution in [-0.4, -0.2) is 22.1 Å². The molecule has 0 spiro atoms. The van der Waals surface area contributed by atoms with Crippen LogP contribution in [0, 0.1) is 0 Å². The fraction of sp³-hybridized carbons (Fsp3) is 0.222. The molecule has 0 bridgehead atoms. The van der Waals surface area contributed by atoms with E-state index in [0.29, 0.717) is 0 Å². The molecule has 1 aliphatic carbocycles. The van der Waals surface area contributed by atoms with Crippen molar-refractivity contribution < 1.29 is 4.79 Å². The largest absolute Gasteiger partial charge is 0.349 e. The predicted molar refractivity (Wildman–Crippen MR) is 85.8 cm³/mol. The van der Waals surface area contributed by atoms with E-state index in [9.17, 15) is 4.79 Å². The van der Waals surface area contributed by atoms with E-state index >= 15 is 0 Å². The second-order valence-corrected chi connectivity index (χ2v) is 5.81. The molecule has 4 rings (SSSR count). The summed E-state index contributed by atoms with van der Waals surface area (Å²) in [7, 11) is 0. The van der Waals surface area contributed by atoms with Crippen LogP contribution in [0.5, 0.6) is 0 Å². The van der Waals surface area contributed by atoms with Crippen molar-refractivity contribution in [3.8, 4) is 0 Å². The Morgan fingerprint density at radius 2 is 2.05 bits per heavy atom. The Hall–Kier alpha value is -2.62. The van der Waals surface area contributed by atoms with Crippen molar-refractivity contribution in [3.05, 3.63) is 65.5 Å². The number of aryl methyl sites for hydroxylation is 1. The number of rotatable bonds is 2. The number of hydrogen-bond donors (Lipinski definition) is 2. The predicted octanol–water partition coefficient (Wildman–Crippen LogP) is 2.85. The highest BCUT2D eigenvalue weighted by Gasteiger charge is 2.22. The molecule has 1 atom stereocenters. The monoisotopic (exact) mass is 291 g/mol. The number of H-pyrrole nitrogens is 1. The maximum atomic E-state index is 12.6. The fourth-order valence-electron chi connectivity index (χ4n) is 3.22. The molecular formula is C18H17N3O. The van der Waals surface area contributed by atoms with Gasteiger partial charge in [0.25, 0.3) is 5.91 Å². The highest BCUT2D eigenvalue weighted by atomic mass is 16.1. The Morgan fingerprint density at radius 3 is 3.00 bits per heavy atom. The van der Waals surface area contributed by atoms with Crippen LogP contribution in [0.3, 0.4) is 0 Å². The molecule has 1 heterocycles. The molecule has 1 aromatic heterocycles. The van der Waals surface area contributed by atoms with Gasteiger partial charge in [-0.05, 0) is 35.2 Å². The molecule has 110 valence electrons. The van der Waals surface area contributed by atoms with E-state index in [1.807, 2.05) is 48.7 Å². The summed E-state index contributed by atoms with van der Waals surface area (Å²) in [6.07, 6.45) is 4.64. The Morgan fingerprint density at radius 1 is 1.18 bits per heavy atom. The summed E-state index contributed by atoms with van der Waals surface area (Å²) in [5.41, 5.74) is 3.17. The van der Waals surface area contributed by atoms with Crippen LogP contribution in [0.25, 0.3) is 10.8 Å². The van der Waals surface area contributed by atoms with E-state index in [1.54, 1.807) is 0 Å². The van der Waals surface area contributed by atoms with Gasteiger partial charge >= 0.3 is 0 Å². The van der Waals surface area contributed by atoms with Crippen molar-refractivity contribution in [2.24, 2.45) is 0 Å². The Labute approximate surface area is 128 Å². The summed E-state index contributed by atoms with van der Waals surface area (Å²) in [5, 5.41) is 12.4. The molecule has 1 unspecified atom stereocenters. The number of nitrogens with one attached hydrogen (secondary N) is 2. The lowest BCUT2D eigenvalue weighted by molar-refractivity contribution is 0.0935. The number of nitrogens with zero attached hydrogens (tertiary/aromatic N) is 1. The van der Waals surface area contributed by atoms with E-state index < -0.39 is 0 Å². The van der Waals surface area contributed by atoms with Crippen LogP contribution < -0.4 is 5.32 Å². The van der Waals surface area contributed by atoms with Gasteiger partial charge in [-0.15, -0.1) is 0 Å². The number of fused-ring (bicyclic) bond motifs is 2. The lowest BCUT2D eigenvalue weighted by Crippen LogP contribution is -2.38. The van der Waals surface area contributed by atoms with Crippen molar-refractivity contribution in [2.75, 3.05) is 0 Å². The number of amides is 1. The molecule has 0 saturated carbocycles. The molecule has 1 aliphatic rings. The standard InChI is InChI=1S/C18H17N3O/c22-18(16-7-3-5-12-4-1-2-6-15(12)16)20-14-9-8-13-11-19-21-17(13)10-14/h1-7,11,14H,8-10H2,(H,19,21)(H,20,22). The molecule has 22 heavy (non-hydrogen) atoms. The SMILES string of the molecule is O=C(NC1CCc2cn[nH]c2C1)c1cccc2ccccc12. The molecule has 4 heteroatoms. The minimum Gasteiger partial charge on any atom is -0.349 e. The lowest BCUT2D eigenvalue weighted by Gasteiger charge is -2.23.